The molecule has 0 spiro atoms. The van der Waals surface area contributed by atoms with Crippen molar-refractivity contribution >= 4 is 35.0 Å². The summed E-state index contributed by atoms with van der Waals surface area (Å²) >= 11 is 1.22. The highest BCUT2D eigenvalue weighted by Gasteiger charge is 2.32. The molecule has 9 nitrogen and oxygen atoms in total. The lowest BCUT2D eigenvalue weighted by atomic mass is 10.1. The molecule has 2 aromatic carbocycles. The highest BCUT2D eigenvalue weighted by atomic mass is 32.2. The molecule has 0 saturated carbocycles. The molecule has 0 aliphatic carbocycles. The van der Waals surface area contributed by atoms with E-state index in [2.05, 4.69) is 15.5 Å². The van der Waals surface area contributed by atoms with Crippen molar-refractivity contribution in [2.24, 2.45) is 7.05 Å². The first-order valence-corrected chi connectivity index (χ1v) is 10.6. The molecule has 1 aliphatic rings. The Hall–Kier alpha value is -3.53. The van der Waals surface area contributed by atoms with Crippen molar-refractivity contribution in [2.75, 3.05) is 22.6 Å². The zero-order valence-electron chi connectivity index (χ0n) is 17.0. The van der Waals surface area contributed by atoms with Crippen LogP contribution in [0.5, 0.6) is 11.5 Å². The lowest BCUT2D eigenvalue weighted by Crippen LogP contribution is -2.41. The van der Waals surface area contributed by atoms with E-state index in [4.69, 9.17) is 4.74 Å². The van der Waals surface area contributed by atoms with Gasteiger partial charge in [0.15, 0.2) is 17.6 Å². The van der Waals surface area contributed by atoms with Crippen LogP contribution in [-0.4, -0.2) is 44.0 Å². The molecule has 2 amide bonds. The van der Waals surface area contributed by atoms with Gasteiger partial charge in [0, 0.05) is 7.05 Å². The number of nitrogens with one attached hydrogen (secondary N) is 1. The van der Waals surface area contributed by atoms with Gasteiger partial charge in [0.25, 0.3) is 5.91 Å². The zero-order chi connectivity index (χ0) is 22.0. The monoisotopic (exact) mass is 439 g/mol. The quantitative estimate of drug-likeness (QED) is 0.449. The Morgan fingerprint density at radius 3 is 2.77 bits per heavy atom. The molecule has 0 fully saturated rings. The first-order chi connectivity index (χ1) is 15.0. The van der Waals surface area contributed by atoms with Crippen LogP contribution < -0.4 is 15.0 Å². The van der Waals surface area contributed by atoms with Gasteiger partial charge in [-0.15, -0.1) is 10.2 Å². The van der Waals surface area contributed by atoms with Crippen molar-refractivity contribution < 1.29 is 19.4 Å². The van der Waals surface area contributed by atoms with Crippen LogP contribution in [0.1, 0.15) is 18.8 Å². The average molecular weight is 439 g/mol. The van der Waals surface area contributed by atoms with E-state index in [0.29, 0.717) is 28.1 Å². The van der Waals surface area contributed by atoms with Crippen molar-refractivity contribution in [1.82, 2.24) is 14.8 Å². The number of phenols is 1. The zero-order valence-corrected chi connectivity index (χ0v) is 17.8. The second-order valence-electron chi connectivity index (χ2n) is 6.95. The third kappa shape index (κ3) is 4.19. The van der Waals surface area contributed by atoms with Crippen molar-refractivity contribution in [2.45, 2.75) is 18.1 Å². The fourth-order valence-corrected chi connectivity index (χ4v) is 4.09. The summed E-state index contributed by atoms with van der Waals surface area (Å²) in [4.78, 5) is 26.5. The van der Waals surface area contributed by atoms with Gasteiger partial charge >= 0.3 is 0 Å². The van der Waals surface area contributed by atoms with E-state index in [-0.39, 0.29) is 36.0 Å². The first-order valence-electron chi connectivity index (χ1n) is 9.59. The number of ether oxygens (including phenoxy) is 1. The van der Waals surface area contributed by atoms with Gasteiger partial charge in [-0.1, -0.05) is 36.0 Å². The topological polar surface area (TPSA) is 110 Å². The maximum absolute atomic E-state index is 12.6. The van der Waals surface area contributed by atoms with Gasteiger partial charge in [-0.2, -0.15) is 0 Å². The van der Waals surface area contributed by atoms with Gasteiger partial charge in [-0.25, -0.2) is 0 Å². The predicted molar refractivity (Wildman–Crippen MR) is 116 cm³/mol. The number of phenolic OH excluding ortho intramolecular Hbond substituents is 1. The summed E-state index contributed by atoms with van der Waals surface area (Å²) in [6, 6.07) is 13.5. The van der Waals surface area contributed by atoms with E-state index in [1.807, 2.05) is 31.2 Å². The molecular weight excluding hydrogens is 418 g/mol. The van der Waals surface area contributed by atoms with Crippen LogP contribution >= 0.6 is 11.8 Å². The molecular formula is C21H21N5O4S. The number of aromatic hydroxyl groups is 1. The van der Waals surface area contributed by atoms with Crippen LogP contribution in [0.4, 0.5) is 11.4 Å². The number of fused-ring (bicyclic) bond motifs is 1. The Morgan fingerprint density at radius 2 is 1.97 bits per heavy atom. The van der Waals surface area contributed by atoms with Crippen LogP contribution in [0.25, 0.3) is 0 Å². The Labute approximate surface area is 183 Å². The number of anilines is 2. The molecule has 160 valence electrons. The molecule has 0 radical (unpaired) electrons. The van der Waals surface area contributed by atoms with Gasteiger partial charge in [-0.3, -0.25) is 14.5 Å². The number of para-hydroxylation sites is 4. The first kappa shape index (κ1) is 20.7. The fourth-order valence-electron chi connectivity index (χ4n) is 3.37. The van der Waals surface area contributed by atoms with Crippen LogP contribution in [-0.2, 0) is 16.6 Å². The molecule has 1 atom stereocenters. The maximum Gasteiger partial charge on any atom is 0.265 e. The highest BCUT2D eigenvalue weighted by Crippen LogP contribution is 2.37. The number of rotatable bonds is 6. The third-order valence-corrected chi connectivity index (χ3v) is 5.90. The molecule has 0 bridgehead atoms. The number of carbonyl (C=O) groups excluding carboxylic acids is 2. The van der Waals surface area contributed by atoms with Gasteiger partial charge in [0.1, 0.15) is 11.5 Å². The number of nitrogens with zero attached hydrogens (tertiary/aromatic N) is 4. The van der Waals surface area contributed by atoms with Crippen molar-refractivity contribution in [1.29, 1.82) is 0 Å². The molecule has 2 heterocycles. The normalized spacial score (nSPS) is 14.0. The number of hydrogen-bond donors (Lipinski definition) is 2. The van der Waals surface area contributed by atoms with Crippen molar-refractivity contribution in [3.8, 4) is 11.5 Å². The minimum atomic E-state index is -0.375. The Bertz CT molecular complexity index is 1130. The summed E-state index contributed by atoms with van der Waals surface area (Å²) in [5.41, 5.74) is 1.04. The predicted octanol–water partition coefficient (Wildman–Crippen LogP) is 2.74. The van der Waals surface area contributed by atoms with Gasteiger partial charge in [0.2, 0.25) is 5.91 Å². The summed E-state index contributed by atoms with van der Waals surface area (Å²) in [7, 11) is 1.80. The number of benzene rings is 2. The molecule has 0 unspecified atom stereocenters. The number of carbonyl (C=O) groups is 2. The summed E-state index contributed by atoms with van der Waals surface area (Å²) in [6.45, 7) is 1.84. The summed E-state index contributed by atoms with van der Waals surface area (Å²) in [5.74, 6) is 0.895. The molecule has 31 heavy (non-hydrogen) atoms. The minimum absolute atomic E-state index is 0.00563. The minimum Gasteiger partial charge on any atom is -0.506 e. The van der Waals surface area contributed by atoms with Gasteiger partial charge in [0.05, 0.1) is 23.2 Å². The van der Waals surface area contributed by atoms with Gasteiger partial charge in [-0.05, 0) is 31.2 Å². The van der Waals surface area contributed by atoms with E-state index in [1.54, 1.807) is 34.7 Å². The van der Waals surface area contributed by atoms with Crippen LogP contribution in [0, 0.1) is 0 Å². The standard InChI is InChI=1S/C21H21N5O4S/c1-13(26-15-8-4-6-10-17(15)30-11-19(26)29)20-23-24-21(25(20)2)31-12-18(28)22-14-7-3-5-9-16(14)27/h3-10,13,27H,11-12H2,1-2H3,(H,22,28)/t13-/m0/s1. The number of aromatic nitrogens is 3. The van der Waals surface area contributed by atoms with E-state index in [1.165, 1.54) is 17.8 Å². The van der Waals surface area contributed by atoms with E-state index in [0.717, 1.165) is 0 Å². The molecule has 1 aliphatic heterocycles. The molecule has 10 heteroatoms. The Balaban J connectivity index is 1.46. The van der Waals surface area contributed by atoms with E-state index < -0.39 is 0 Å². The number of amides is 2. The SMILES string of the molecule is C[C@@H](c1nnc(SCC(=O)Nc2ccccc2O)n1C)N1C(=O)COc2ccccc21. The molecule has 4 rings (SSSR count). The Kier molecular flexibility index (Phi) is 5.81. The maximum atomic E-state index is 12.6. The summed E-state index contributed by atoms with van der Waals surface area (Å²) in [6.07, 6.45) is 0. The number of thioether (sulfide) groups is 1. The second-order valence-corrected chi connectivity index (χ2v) is 7.89. The second kappa shape index (κ2) is 8.68. The van der Waals surface area contributed by atoms with Crippen LogP contribution in [0.3, 0.4) is 0 Å². The largest absolute Gasteiger partial charge is 0.506 e. The lowest BCUT2D eigenvalue weighted by Gasteiger charge is -2.33. The Morgan fingerprint density at radius 1 is 1.23 bits per heavy atom. The van der Waals surface area contributed by atoms with Crippen LogP contribution in [0.15, 0.2) is 53.7 Å². The molecule has 2 N–H and O–H groups in total. The molecule has 3 aromatic rings. The summed E-state index contributed by atoms with van der Waals surface area (Å²) in [5, 5.41) is 21.4. The molecule has 0 saturated heterocycles. The third-order valence-electron chi connectivity index (χ3n) is 4.88. The molecule has 1 aromatic heterocycles. The smallest absolute Gasteiger partial charge is 0.265 e. The van der Waals surface area contributed by atoms with E-state index in [9.17, 15) is 14.7 Å². The summed E-state index contributed by atoms with van der Waals surface area (Å²) < 4.78 is 7.28. The van der Waals surface area contributed by atoms with Crippen LogP contribution in [0.2, 0.25) is 0 Å². The van der Waals surface area contributed by atoms with Crippen molar-refractivity contribution in [3.63, 3.8) is 0 Å². The van der Waals surface area contributed by atoms with Crippen molar-refractivity contribution in [3.05, 3.63) is 54.4 Å². The van der Waals surface area contributed by atoms with Gasteiger partial charge < -0.3 is 19.7 Å². The lowest BCUT2D eigenvalue weighted by molar-refractivity contribution is -0.121. The number of hydrogen-bond acceptors (Lipinski definition) is 7. The fraction of sp³-hybridized carbons (Fsp3) is 0.238. The average Bonchev–Trinajstić information content (AvgIpc) is 3.14. The van der Waals surface area contributed by atoms with E-state index >= 15 is 0 Å². The highest BCUT2D eigenvalue weighted by molar-refractivity contribution is 7.99.